The van der Waals surface area contributed by atoms with Crippen molar-refractivity contribution in [2.75, 3.05) is 13.2 Å². The summed E-state index contributed by atoms with van der Waals surface area (Å²) in [6, 6.07) is -3.26. The van der Waals surface area contributed by atoms with Gasteiger partial charge in [0.25, 0.3) is 0 Å². The molecule has 520 valence electrons. The number of aliphatic hydroxyl groups is 1. The van der Waals surface area contributed by atoms with Crippen LogP contribution < -0.4 is 10.6 Å². The highest BCUT2D eigenvalue weighted by atomic mass is 31.2. The van der Waals surface area contributed by atoms with Gasteiger partial charge in [-0.05, 0) is 57.8 Å². The van der Waals surface area contributed by atoms with Crippen LogP contribution in [0.1, 0.15) is 318 Å². The number of carbonyl (C=O) groups excluding carboxylic acids is 6. The molecule has 0 aromatic carbocycles. The predicted octanol–water partition coefficient (Wildman–Crippen LogP) is 13.8. The normalized spacial score (nSPS) is 18.1. The van der Waals surface area contributed by atoms with Crippen molar-refractivity contribution < 1.29 is 91.1 Å². The van der Waals surface area contributed by atoms with E-state index in [1.807, 2.05) is 20.8 Å². The van der Waals surface area contributed by atoms with E-state index >= 15 is 0 Å². The molecule has 0 radical (unpaired) electrons. The van der Waals surface area contributed by atoms with Crippen LogP contribution >= 0.6 is 7.82 Å². The first-order valence-electron chi connectivity index (χ1n) is 35.1. The van der Waals surface area contributed by atoms with E-state index in [9.17, 15) is 58.1 Å². The topological polar surface area (TPSA) is 306 Å². The zero-order valence-electron chi connectivity index (χ0n) is 55.9. The molecule has 6 N–H and O–H groups in total. The van der Waals surface area contributed by atoms with Crippen molar-refractivity contribution in [2.24, 2.45) is 0 Å². The van der Waals surface area contributed by atoms with Gasteiger partial charge >= 0.3 is 37.7 Å². The van der Waals surface area contributed by atoms with Crippen LogP contribution in [0.25, 0.3) is 0 Å². The molecule has 0 bridgehead atoms. The number of hydrogen-bond donors (Lipinski definition) is 6. The second kappa shape index (κ2) is 53.8. The largest absolute Gasteiger partial charge is 0.480 e. The van der Waals surface area contributed by atoms with Crippen LogP contribution in [-0.2, 0) is 71.1 Å². The average Bonchev–Trinajstić information content (AvgIpc) is 1.08. The van der Waals surface area contributed by atoms with E-state index in [4.69, 9.17) is 32.9 Å². The molecule has 2 unspecified atom stereocenters. The Bertz CT molecular complexity index is 1920. The molecule has 1 aliphatic rings. The maximum Gasteiger partial charge on any atom is 0.470 e. The van der Waals surface area contributed by atoms with E-state index in [-0.39, 0.29) is 25.7 Å². The maximum atomic E-state index is 14.5. The first-order valence-corrected chi connectivity index (χ1v) is 36.6. The summed E-state index contributed by atoms with van der Waals surface area (Å²) in [7, 11) is -5.51. The summed E-state index contributed by atoms with van der Waals surface area (Å²) in [5.74, 6) is -5.32. The number of aliphatic carboxylic acids is 1. The number of hydrogen-bond acceptors (Lipinski definition) is 16. The van der Waals surface area contributed by atoms with Crippen molar-refractivity contribution in [1.82, 2.24) is 10.6 Å². The first kappa shape index (κ1) is 83.3. The van der Waals surface area contributed by atoms with E-state index in [1.54, 1.807) is 0 Å². The molecule has 0 spiro atoms. The van der Waals surface area contributed by atoms with Crippen molar-refractivity contribution in [1.29, 1.82) is 0 Å². The van der Waals surface area contributed by atoms with Crippen LogP contribution in [0.3, 0.4) is 0 Å². The number of esters is 4. The summed E-state index contributed by atoms with van der Waals surface area (Å²) in [4.78, 5) is 115. The first-order chi connectivity index (χ1) is 42.8. The summed E-state index contributed by atoms with van der Waals surface area (Å²) in [5.41, 5.74) is 0. The molecule has 9 atom stereocenters. The fraction of sp³-hybridized carbons (Fsp3) is 0.896. The van der Waals surface area contributed by atoms with E-state index in [1.165, 1.54) is 12.8 Å². The van der Waals surface area contributed by atoms with Gasteiger partial charge in [0.05, 0.1) is 32.5 Å². The van der Waals surface area contributed by atoms with Gasteiger partial charge in [0.15, 0.2) is 12.4 Å². The molecule has 2 amide bonds. The smallest absolute Gasteiger partial charge is 0.470 e. The fourth-order valence-electron chi connectivity index (χ4n) is 11.0. The Hall–Kier alpha value is -3.72. The molecule has 89 heavy (non-hydrogen) atoms. The van der Waals surface area contributed by atoms with Crippen LogP contribution in [0.5, 0.6) is 0 Å². The number of unbranched alkanes of at least 4 members (excludes halogenated alkanes) is 27. The zero-order valence-corrected chi connectivity index (χ0v) is 56.8. The van der Waals surface area contributed by atoms with Gasteiger partial charge in [0, 0.05) is 25.7 Å². The lowest BCUT2D eigenvalue weighted by Crippen LogP contribution is -2.66. The molecule has 1 aliphatic heterocycles. The van der Waals surface area contributed by atoms with E-state index in [0.29, 0.717) is 57.8 Å². The number of carboxylic acid groups (broad SMARTS) is 1. The van der Waals surface area contributed by atoms with Crippen LogP contribution in [0.4, 0.5) is 0 Å². The number of carboxylic acids is 1. The molecule has 1 saturated heterocycles. The van der Waals surface area contributed by atoms with Crippen LogP contribution in [0, 0.1) is 0 Å². The van der Waals surface area contributed by atoms with Crippen molar-refractivity contribution >= 4 is 49.5 Å². The van der Waals surface area contributed by atoms with Gasteiger partial charge in [-0.1, -0.05) is 215 Å². The van der Waals surface area contributed by atoms with Crippen LogP contribution in [0.15, 0.2) is 0 Å². The third kappa shape index (κ3) is 43.7. The number of aliphatic hydroxyl groups excluding tert-OH is 1. The minimum atomic E-state index is -5.51. The van der Waals surface area contributed by atoms with Crippen LogP contribution in [0.2, 0.25) is 0 Å². The molecule has 1 fully saturated rings. The fourth-order valence-corrected chi connectivity index (χ4v) is 11.6. The van der Waals surface area contributed by atoms with E-state index in [0.717, 1.165) is 161 Å². The third-order valence-electron chi connectivity index (χ3n) is 16.2. The van der Waals surface area contributed by atoms with Gasteiger partial charge in [-0.25, -0.2) is 9.36 Å². The number of nitrogens with one attached hydrogen (secondary N) is 2. The number of ether oxygens (including phenoxy) is 6. The number of amides is 2. The lowest BCUT2D eigenvalue weighted by Gasteiger charge is -2.45. The van der Waals surface area contributed by atoms with E-state index < -0.39 is 137 Å². The second-order valence-electron chi connectivity index (χ2n) is 24.6. The Morgan fingerprint density at radius 2 is 0.820 bits per heavy atom. The average molecular weight is 1290 g/mol. The molecule has 0 aliphatic carbocycles. The minimum Gasteiger partial charge on any atom is -0.480 e. The minimum absolute atomic E-state index is 0.120. The van der Waals surface area contributed by atoms with Crippen molar-refractivity contribution in [3.05, 3.63) is 0 Å². The molecular weight excluding hydrogens is 1170 g/mol. The van der Waals surface area contributed by atoms with Crippen molar-refractivity contribution in [3.63, 3.8) is 0 Å². The predicted molar refractivity (Wildman–Crippen MR) is 342 cm³/mol. The zero-order chi connectivity index (χ0) is 65.9. The standard InChI is InChI=1S/C67H123N2O19P/c1-7-13-19-22-25-28-31-37-40-52(83-59(73)43-34-16-10-4)48-57(71)68-55(66(77)78)46-47-82-67-63(69-58(72)49-53(84-60(74)44-35-17-11-5)41-38-32-29-26-23-20-14-8-2)65(64(56(51-70)86-67)88-89(79,80)81)87-62(76)50-54(85-61(75)45-36-18-12-6)42-39-33-30-27-24-21-15-9-3/h52-56,63-65,67,70H,7-51H2,1-6H3,(H,68,71)(H,69,72)(H,77,78)(H2,79,80,81)/t52-,53-,54-,55+,56?,63?,64-,65-,67-/m1/s1. The molecule has 21 nitrogen and oxygen atoms in total. The van der Waals surface area contributed by atoms with Gasteiger partial charge < -0.3 is 59.1 Å². The number of phosphoric acid groups is 1. The quantitative estimate of drug-likeness (QED) is 0.0143. The second-order valence-corrected chi connectivity index (χ2v) is 25.8. The number of phosphoric ester groups is 1. The Kier molecular flexibility index (Phi) is 50.3. The summed E-state index contributed by atoms with van der Waals surface area (Å²) < 4.78 is 53.9. The van der Waals surface area contributed by atoms with Gasteiger partial charge in [-0.3, -0.25) is 33.3 Å². The summed E-state index contributed by atoms with van der Waals surface area (Å²) in [6.45, 7) is 11.0. The molecule has 0 aromatic heterocycles. The van der Waals surface area contributed by atoms with Crippen LogP contribution in [-0.4, -0.2) is 130 Å². The van der Waals surface area contributed by atoms with Gasteiger partial charge in [0.1, 0.15) is 42.6 Å². The number of rotatable bonds is 59. The molecule has 22 heteroatoms. The Balaban J connectivity index is 3.73. The monoisotopic (exact) mass is 1290 g/mol. The molecule has 1 heterocycles. The molecule has 0 saturated carbocycles. The summed E-state index contributed by atoms with van der Waals surface area (Å²) in [6.07, 6.45) is 20.9. The SMILES string of the molecule is CCCCCCCCCC[C@H](CC(=O)NC1[C@H](OCC[C@H](NC(=O)C[C@@H](CCCCCCCCCC)OC(=O)CCCCC)C(=O)O)OC(CO)[C@@H](OP(=O)(O)O)[C@@H]1OC(=O)C[C@@H](CCCCCCCCCC)OC(=O)CCCCC)OC(=O)CCCCC. The van der Waals surface area contributed by atoms with Gasteiger partial charge in [-0.2, -0.15) is 0 Å². The van der Waals surface area contributed by atoms with Gasteiger partial charge in [0.2, 0.25) is 11.8 Å². The highest BCUT2D eigenvalue weighted by molar-refractivity contribution is 7.46. The lowest BCUT2D eigenvalue weighted by atomic mass is 9.95. The van der Waals surface area contributed by atoms with E-state index in [2.05, 4.69) is 31.4 Å². The summed E-state index contributed by atoms with van der Waals surface area (Å²) >= 11 is 0. The Labute approximate surface area is 535 Å². The van der Waals surface area contributed by atoms with Crippen molar-refractivity contribution in [2.45, 2.75) is 373 Å². The lowest BCUT2D eigenvalue weighted by molar-refractivity contribution is -0.271. The molecule has 1 rings (SSSR count). The Morgan fingerprint density at radius 3 is 1.19 bits per heavy atom. The number of carbonyl (C=O) groups is 7. The highest BCUT2D eigenvalue weighted by Gasteiger charge is 2.52. The molecule has 0 aromatic rings. The Morgan fingerprint density at radius 1 is 0.461 bits per heavy atom. The highest BCUT2D eigenvalue weighted by Crippen LogP contribution is 2.42. The third-order valence-corrected chi connectivity index (χ3v) is 16.7. The van der Waals surface area contributed by atoms with Crippen molar-refractivity contribution in [3.8, 4) is 0 Å². The maximum absolute atomic E-state index is 14.5. The molecular formula is C67H123N2O19P. The van der Waals surface area contributed by atoms with Gasteiger partial charge in [-0.15, -0.1) is 0 Å². The summed E-state index contributed by atoms with van der Waals surface area (Å²) in [5, 5.41) is 26.5.